The molecule has 1 aliphatic rings. The maximum atomic E-state index is 9.29. The van der Waals surface area contributed by atoms with E-state index in [9.17, 15) is 5.11 Å². The van der Waals surface area contributed by atoms with Gasteiger partial charge < -0.3 is 5.11 Å². The van der Waals surface area contributed by atoms with E-state index < -0.39 is 0 Å². The Morgan fingerprint density at radius 2 is 1.80 bits per heavy atom. The van der Waals surface area contributed by atoms with E-state index in [0.717, 1.165) is 5.56 Å². The van der Waals surface area contributed by atoms with Crippen LogP contribution in [-0.4, -0.2) is 24.3 Å². The number of hydrogen-bond acceptors (Lipinski definition) is 4. The van der Waals surface area contributed by atoms with Crippen LogP contribution in [0.5, 0.6) is 0 Å². The van der Waals surface area contributed by atoms with E-state index in [2.05, 4.69) is 16.7 Å². The predicted molar refractivity (Wildman–Crippen MR) is 55.9 cm³/mol. The van der Waals surface area contributed by atoms with Crippen LogP contribution >= 0.6 is 0 Å². The Balaban J connectivity index is 2.07. The zero-order chi connectivity index (χ0) is 10.7. The van der Waals surface area contributed by atoms with Gasteiger partial charge in [0.25, 0.3) is 0 Å². The van der Waals surface area contributed by atoms with Gasteiger partial charge in [-0.25, -0.2) is 0 Å². The van der Waals surface area contributed by atoms with Gasteiger partial charge in [0.2, 0.25) is 0 Å². The first-order valence-corrected chi connectivity index (χ1v) is 4.94. The van der Waals surface area contributed by atoms with Crippen molar-refractivity contribution in [3.8, 4) is 6.07 Å². The first kappa shape index (κ1) is 10.1. The number of β-amino-alcohol motifs (C(OH)–C–C–N with tert-alkyl or cyclic N) is 1. The van der Waals surface area contributed by atoms with Gasteiger partial charge in [0.15, 0.2) is 0 Å². The summed E-state index contributed by atoms with van der Waals surface area (Å²) in [5, 5.41) is 24.3. The van der Waals surface area contributed by atoms with Crippen LogP contribution in [0.15, 0.2) is 24.3 Å². The van der Waals surface area contributed by atoms with E-state index >= 15 is 0 Å². The normalized spacial score (nSPS) is 25.9. The molecule has 0 saturated carbocycles. The molecule has 15 heavy (non-hydrogen) atoms. The molecule has 1 saturated heterocycles. The number of nitrogens with zero attached hydrogens (tertiary/aromatic N) is 1. The summed E-state index contributed by atoms with van der Waals surface area (Å²) in [5.74, 6) is 0. The zero-order valence-corrected chi connectivity index (χ0v) is 8.27. The molecule has 0 bridgehead atoms. The van der Waals surface area contributed by atoms with Crippen LogP contribution in [0.1, 0.15) is 17.3 Å². The second-order valence-electron chi connectivity index (χ2n) is 3.64. The number of aliphatic hydroxyl groups is 1. The highest BCUT2D eigenvalue weighted by Gasteiger charge is 2.18. The van der Waals surface area contributed by atoms with Gasteiger partial charge in [0, 0.05) is 13.1 Å². The van der Waals surface area contributed by atoms with Crippen LogP contribution < -0.4 is 10.6 Å². The molecule has 78 valence electrons. The number of benzene rings is 1. The molecule has 4 nitrogen and oxygen atoms in total. The third kappa shape index (κ3) is 2.34. The Kier molecular flexibility index (Phi) is 2.97. The summed E-state index contributed by atoms with van der Waals surface area (Å²) in [6.07, 6.45) is -0.249. The number of nitriles is 1. The van der Waals surface area contributed by atoms with Crippen LogP contribution in [0.4, 0.5) is 0 Å². The van der Waals surface area contributed by atoms with Crippen molar-refractivity contribution in [2.24, 2.45) is 0 Å². The maximum absolute atomic E-state index is 9.29. The van der Waals surface area contributed by atoms with Gasteiger partial charge in [-0.15, -0.1) is 0 Å². The van der Waals surface area contributed by atoms with Gasteiger partial charge >= 0.3 is 0 Å². The van der Waals surface area contributed by atoms with E-state index in [4.69, 9.17) is 5.26 Å². The maximum Gasteiger partial charge on any atom is 0.0991 e. The van der Waals surface area contributed by atoms with Gasteiger partial charge in [-0.05, 0) is 17.7 Å². The highest BCUT2D eigenvalue weighted by Crippen LogP contribution is 2.13. The Morgan fingerprint density at radius 1 is 1.20 bits per heavy atom. The van der Waals surface area contributed by atoms with Gasteiger partial charge in [-0.3, -0.25) is 10.6 Å². The van der Waals surface area contributed by atoms with Crippen LogP contribution in [-0.2, 0) is 0 Å². The number of aliphatic hydroxyl groups excluding tert-OH is 1. The van der Waals surface area contributed by atoms with Gasteiger partial charge in [-0.1, -0.05) is 12.1 Å². The average Bonchev–Trinajstić information content (AvgIpc) is 2.30. The lowest BCUT2D eigenvalue weighted by Gasteiger charge is -2.28. The van der Waals surface area contributed by atoms with E-state index in [1.807, 2.05) is 12.1 Å². The van der Waals surface area contributed by atoms with E-state index in [-0.39, 0.29) is 12.3 Å². The highest BCUT2D eigenvalue weighted by molar-refractivity contribution is 5.32. The fraction of sp³-hybridized carbons (Fsp3) is 0.364. The molecule has 0 aromatic heterocycles. The molecular weight excluding hydrogens is 190 g/mol. The molecule has 1 heterocycles. The van der Waals surface area contributed by atoms with Crippen molar-refractivity contribution < 1.29 is 5.11 Å². The Bertz CT molecular complexity index is 360. The topological polar surface area (TPSA) is 68.1 Å². The fourth-order valence-electron chi connectivity index (χ4n) is 1.64. The third-order valence-corrected chi connectivity index (χ3v) is 2.49. The summed E-state index contributed by atoms with van der Waals surface area (Å²) < 4.78 is 0. The van der Waals surface area contributed by atoms with Gasteiger partial charge in [0.1, 0.15) is 0 Å². The second-order valence-corrected chi connectivity index (χ2v) is 3.64. The predicted octanol–water partition coefficient (Wildman–Crippen LogP) is 0.111. The molecule has 2 rings (SSSR count). The molecule has 3 N–H and O–H groups in total. The van der Waals surface area contributed by atoms with Crippen molar-refractivity contribution >= 4 is 0 Å². The largest absolute Gasteiger partial charge is 0.390 e. The van der Waals surface area contributed by atoms with E-state index in [1.54, 1.807) is 12.1 Å². The number of nitrogens with one attached hydrogen (secondary N) is 2. The molecule has 1 aromatic carbocycles. The summed E-state index contributed by atoms with van der Waals surface area (Å²) in [6, 6.07) is 9.51. The van der Waals surface area contributed by atoms with Crippen molar-refractivity contribution in [3.63, 3.8) is 0 Å². The van der Waals surface area contributed by atoms with Crippen molar-refractivity contribution in [1.82, 2.24) is 10.6 Å². The van der Waals surface area contributed by atoms with Crippen molar-refractivity contribution in [2.45, 2.75) is 12.3 Å². The molecule has 4 heteroatoms. The van der Waals surface area contributed by atoms with Crippen molar-refractivity contribution in [2.75, 3.05) is 13.1 Å². The molecule has 0 amide bonds. The smallest absolute Gasteiger partial charge is 0.0991 e. The molecule has 1 fully saturated rings. The highest BCUT2D eigenvalue weighted by atomic mass is 16.3. The first-order chi connectivity index (χ1) is 7.29. The molecule has 0 spiro atoms. The lowest BCUT2D eigenvalue weighted by atomic mass is 10.1. The average molecular weight is 203 g/mol. The molecule has 0 unspecified atom stereocenters. The Hall–Kier alpha value is -1.41. The molecule has 0 atom stereocenters. The molecule has 1 aromatic rings. The van der Waals surface area contributed by atoms with Crippen molar-refractivity contribution in [3.05, 3.63) is 35.4 Å². The SMILES string of the molecule is N#Cc1ccc(C2NCC(O)CN2)cc1. The van der Waals surface area contributed by atoms with Crippen LogP contribution in [0.25, 0.3) is 0 Å². The lowest BCUT2D eigenvalue weighted by molar-refractivity contribution is 0.129. The van der Waals surface area contributed by atoms with E-state index in [1.165, 1.54) is 0 Å². The summed E-state index contributed by atoms with van der Waals surface area (Å²) in [5.41, 5.74) is 1.75. The van der Waals surface area contributed by atoms with Crippen LogP contribution in [0.3, 0.4) is 0 Å². The second kappa shape index (κ2) is 4.41. The van der Waals surface area contributed by atoms with Crippen molar-refractivity contribution in [1.29, 1.82) is 5.26 Å². The minimum Gasteiger partial charge on any atom is -0.390 e. The van der Waals surface area contributed by atoms with E-state index in [0.29, 0.717) is 18.7 Å². The quantitative estimate of drug-likeness (QED) is 0.606. The Labute approximate surface area is 88.5 Å². The molecule has 0 radical (unpaired) electrons. The third-order valence-electron chi connectivity index (χ3n) is 2.49. The van der Waals surface area contributed by atoms with Gasteiger partial charge in [0.05, 0.1) is 23.9 Å². The van der Waals surface area contributed by atoms with Gasteiger partial charge in [-0.2, -0.15) is 5.26 Å². The zero-order valence-electron chi connectivity index (χ0n) is 8.27. The minimum absolute atomic E-state index is 0.0705. The Morgan fingerprint density at radius 3 is 2.33 bits per heavy atom. The monoisotopic (exact) mass is 203 g/mol. The van der Waals surface area contributed by atoms with Crippen LogP contribution in [0, 0.1) is 11.3 Å². The molecular formula is C11H13N3O. The fourth-order valence-corrected chi connectivity index (χ4v) is 1.64. The minimum atomic E-state index is -0.320. The summed E-state index contributed by atoms with van der Waals surface area (Å²) in [4.78, 5) is 0. The summed E-state index contributed by atoms with van der Waals surface area (Å²) >= 11 is 0. The summed E-state index contributed by atoms with van der Waals surface area (Å²) in [7, 11) is 0. The summed E-state index contributed by atoms with van der Waals surface area (Å²) in [6.45, 7) is 1.19. The van der Waals surface area contributed by atoms with Crippen LogP contribution in [0.2, 0.25) is 0 Å². The standard InChI is InChI=1S/C11H13N3O/c12-5-8-1-3-9(4-2-8)11-13-6-10(15)7-14-11/h1-4,10-11,13-15H,6-7H2. The molecule has 0 aliphatic carbocycles. The molecule has 1 aliphatic heterocycles. The first-order valence-electron chi connectivity index (χ1n) is 4.94. The lowest BCUT2D eigenvalue weighted by Crippen LogP contribution is -2.49. The number of hydrogen-bond donors (Lipinski definition) is 3. The number of rotatable bonds is 1.